The molecule has 3 N–H and O–H groups in total. The normalized spacial score (nSPS) is 9.79. The molecule has 6 nitrogen and oxygen atoms in total. The summed E-state index contributed by atoms with van der Waals surface area (Å²) >= 11 is 0. The largest absolute Gasteiger partial charge is 0.478 e. The molecular formula is C13H13NO5. The lowest BCUT2D eigenvalue weighted by atomic mass is 10.00. The minimum atomic E-state index is -1.31. The lowest BCUT2D eigenvalue weighted by Crippen LogP contribution is -2.17. The Morgan fingerprint density at radius 3 is 2.16 bits per heavy atom. The van der Waals surface area contributed by atoms with Gasteiger partial charge in [0, 0.05) is 5.57 Å². The number of nitrogens with one attached hydrogen (secondary N) is 1. The van der Waals surface area contributed by atoms with Crippen LogP contribution in [0.3, 0.4) is 0 Å². The number of carboxylic acids is 2. The fourth-order valence-corrected chi connectivity index (χ4v) is 1.55. The van der Waals surface area contributed by atoms with Gasteiger partial charge in [0.25, 0.3) is 5.91 Å². The second-order valence-corrected chi connectivity index (χ2v) is 4.01. The fourth-order valence-electron chi connectivity index (χ4n) is 1.55. The van der Waals surface area contributed by atoms with E-state index in [2.05, 4.69) is 11.9 Å². The highest BCUT2D eigenvalue weighted by molar-refractivity contribution is 6.08. The van der Waals surface area contributed by atoms with E-state index in [1.54, 1.807) is 0 Å². The molecule has 0 aromatic heterocycles. The first-order chi connectivity index (χ1) is 8.75. The van der Waals surface area contributed by atoms with Gasteiger partial charge in [0.1, 0.15) is 0 Å². The second kappa shape index (κ2) is 5.34. The van der Waals surface area contributed by atoms with Crippen LogP contribution in [0.5, 0.6) is 0 Å². The van der Waals surface area contributed by atoms with E-state index in [9.17, 15) is 14.4 Å². The standard InChI is InChI=1S/C13H13NO5/c1-6(2)11(15)14-9-5-4-8(12(16)17)7(3)10(9)13(18)19/h4-5H,1H2,2-3H3,(H,14,15)(H,16,17)(H,18,19). The molecule has 0 unspecified atom stereocenters. The molecule has 0 spiro atoms. The Kier molecular flexibility index (Phi) is 4.06. The Labute approximate surface area is 109 Å². The summed E-state index contributed by atoms with van der Waals surface area (Å²) in [6.07, 6.45) is 0. The van der Waals surface area contributed by atoms with E-state index in [4.69, 9.17) is 10.2 Å². The van der Waals surface area contributed by atoms with E-state index in [0.29, 0.717) is 0 Å². The van der Waals surface area contributed by atoms with Crippen LogP contribution in [0.15, 0.2) is 24.3 Å². The van der Waals surface area contributed by atoms with Crippen LogP contribution >= 0.6 is 0 Å². The maximum absolute atomic E-state index is 11.5. The third kappa shape index (κ3) is 2.98. The van der Waals surface area contributed by atoms with Crippen molar-refractivity contribution in [1.29, 1.82) is 0 Å². The van der Waals surface area contributed by atoms with Crippen LogP contribution in [-0.2, 0) is 4.79 Å². The van der Waals surface area contributed by atoms with Gasteiger partial charge in [-0.1, -0.05) is 6.58 Å². The summed E-state index contributed by atoms with van der Waals surface area (Å²) in [5.74, 6) is -3.06. The molecule has 1 amide bonds. The predicted octanol–water partition coefficient (Wildman–Crippen LogP) is 1.91. The smallest absolute Gasteiger partial charge is 0.338 e. The average molecular weight is 263 g/mol. The van der Waals surface area contributed by atoms with Gasteiger partial charge in [-0.3, -0.25) is 4.79 Å². The maximum atomic E-state index is 11.5. The number of anilines is 1. The van der Waals surface area contributed by atoms with Crippen LogP contribution in [0.2, 0.25) is 0 Å². The molecule has 100 valence electrons. The molecule has 0 saturated heterocycles. The summed E-state index contributed by atoms with van der Waals surface area (Å²) in [4.78, 5) is 33.6. The van der Waals surface area contributed by atoms with Crippen molar-refractivity contribution in [2.45, 2.75) is 13.8 Å². The van der Waals surface area contributed by atoms with Crippen LogP contribution in [-0.4, -0.2) is 28.1 Å². The van der Waals surface area contributed by atoms with Crippen molar-refractivity contribution >= 4 is 23.5 Å². The van der Waals surface area contributed by atoms with Crippen LogP contribution in [0.25, 0.3) is 0 Å². The van der Waals surface area contributed by atoms with Gasteiger partial charge in [-0.2, -0.15) is 0 Å². The Morgan fingerprint density at radius 2 is 1.74 bits per heavy atom. The third-order valence-corrected chi connectivity index (χ3v) is 2.55. The van der Waals surface area contributed by atoms with Crippen molar-refractivity contribution in [3.8, 4) is 0 Å². The van der Waals surface area contributed by atoms with Crippen LogP contribution in [0.4, 0.5) is 5.69 Å². The van der Waals surface area contributed by atoms with Crippen molar-refractivity contribution in [2.24, 2.45) is 0 Å². The van der Waals surface area contributed by atoms with Crippen molar-refractivity contribution in [3.05, 3.63) is 41.0 Å². The first kappa shape index (κ1) is 14.4. The van der Waals surface area contributed by atoms with Gasteiger partial charge in [-0.25, -0.2) is 9.59 Å². The Bertz CT molecular complexity index is 589. The first-order valence-corrected chi connectivity index (χ1v) is 5.32. The lowest BCUT2D eigenvalue weighted by molar-refractivity contribution is -0.112. The van der Waals surface area contributed by atoms with E-state index < -0.39 is 17.8 Å². The third-order valence-electron chi connectivity index (χ3n) is 2.55. The molecular weight excluding hydrogens is 250 g/mol. The zero-order valence-corrected chi connectivity index (χ0v) is 10.5. The number of aromatic carboxylic acids is 2. The number of rotatable bonds is 4. The Hall–Kier alpha value is -2.63. The van der Waals surface area contributed by atoms with Gasteiger partial charge in [0.15, 0.2) is 0 Å². The molecule has 19 heavy (non-hydrogen) atoms. The van der Waals surface area contributed by atoms with Crippen LogP contribution < -0.4 is 5.32 Å². The SMILES string of the molecule is C=C(C)C(=O)Nc1ccc(C(=O)O)c(C)c1C(=O)O. The number of carboxylic acid groups (broad SMARTS) is 2. The molecule has 1 aromatic rings. The van der Waals surface area contributed by atoms with Crippen molar-refractivity contribution in [2.75, 3.05) is 5.32 Å². The Morgan fingerprint density at radius 1 is 1.16 bits per heavy atom. The van der Waals surface area contributed by atoms with Crippen LogP contribution in [0, 0.1) is 6.92 Å². The van der Waals surface area contributed by atoms with Crippen molar-refractivity contribution in [3.63, 3.8) is 0 Å². The summed E-state index contributed by atoms with van der Waals surface area (Å²) in [6, 6.07) is 2.50. The number of amides is 1. The zero-order valence-electron chi connectivity index (χ0n) is 10.5. The zero-order chi connectivity index (χ0) is 14.7. The highest BCUT2D eigenvalue weighted by Gasteiger charge is 2.20. The molecule has 0 aliphatic carbocycles. The van der Waals surface area contributed by atoms with Gasteiger partial charge in [-0.15, -0.1) is 0 Å². The number of hydrogen-bond donors (Lipinski definition) is 3. The number of carbonyl (C=O) groups excluding carboxylic acids is 1. The van der Waals surface area contributed by atoms with E-state index in [1.807, 2.05) is 0 Å². The van der Waals surface area contributed by atoms with E-state index in [0.717, 1.165) is 0 Å². The summed E-state index contributed by atoms with van der Waals surface area (Å²) in [6.45, 7) is 6.30. The van der Waals surface area contributed by atoms with Gasteiger partial charge >= 0.3 is 11.9 Å². The van der Waals surface area contributed by atoms with Crippen LogP contribution in [0.1, 0.15) is 33.2 Å². The predicted molar refractivity (Wildman–Crippen MR) is 68.5 cm³/mol. The first-order valence-electron chi connectivity index (χ1n) is 5.32. The van der Waals surface area contributed by atoms with Gasteiger partial charge in [0.2, 0.25) is 0 Å². The molecule has 0 atom stereocenters. The molecule has 0 fully saturated rings. The molecule has 1 rings (SSSR count). The number of hydrogen-bond acceptors (Lipinski definition) is 3. The molecule has 0 aliphatic heterocycles. The number of benzene rings is 1. The molecule has 0 radical (unpaired) electrons. The maximum Gasteiger partial charge on any atom is 0.338 e. The minimum absolute atomic E-state index is 0.0444. The topological polar surface area (TPSA) is 104 Å². The summed E-state index contributed by atoms with van der Waals surface area (Å²) < 4.78 is 0. The summed E-state index contributed by atoms with van der Waals surface area (Å²) in [5.41, 5.74) is -0.0148. The molecule has 1 aromatic carbocycles. The summed E-state index contributed by atoms with van der Waals surface area (Å²) in [5, 5.41) is 20.5. The number of carbonyl (C=O) groups is 3. The highest BCUT2D eigenvalue weighted by atomic mass is 16.4. The molecule has 0 heterocycles. The molecule has 0 saturated carbocycles. The molecule has 6 heteroatoms. The minimum Gasteiger partial charge on any atom is -0.478 e. The highest BCUT2D eigenvalue weighted by Crippen LogP contribution is 2.23. The quantitative estimate of drug-likeness (QED) is 0.720. The Balaban J connectivity index is 3.38. The van der Waals surface area contributed by atoms with Crippen molar-refractivity contribution < 1.29 is 24.6 Å². The molecule has 0 aliphatic rings. The van der Waals surface area contributed by atoms with Gasteiger partial charge < -0.3 is 15.5 Å². The van der Waals surface area contributed by atoms with Gasteiger partial charge in [-0.05, 0) is 31.5 Å². The van der Waals surface area contributed by atoms with E-state index in [1.165, 1.54) is 26.0 Å². The average Bonchev–Trinajstić information content (AvgIpc) is 2.27. The molecule has 0 bridgehead atoms. The monoisotopic (exact) mass is 263 g/mol. The van der Waals surface area contributed by atoms with Crippen molar-refractivity contribution in [1.82, 2.24) is 0 Å². The fraction of sp³-hybridized carbons (Fsp3) is 0.154. The van der Waals surface area contributed by atoms with Gasteiger partial charge in [0.05, 0.1) is 16.8 Å². The van der Waals surface area contributed by atoms with E-state index >= 15 is 0 Å². The second-order valence-electron chi connectivity index (χ2n) is 4.01. The lowest BCUT2D eigenvalue weighted by Gasteiger charge is -2.12. The summed E-state index contributed by atoms with van der Waals surface area (Å²) in [7, 11) is 0. The van der Waals surface area contributed by atoms with E-state index in [-0.39, 0.29) is 28.0 Å².